The van der Waals surface area contributed by atoms with Gasteiger partial charge in [-0.2, -0.15) is 5.10 Å². The standard InChI is InChI=1S/C19H29N5O2.HI/c1-5-20-19(21-10-6-7-16-13-23-24-14(16)2)22-12-15-8-9-17(25-3)18(11-15)26-4;/h8-9,11,13H,5-7,10,12H2,1-4H3,(H,23,24)(H2,20,21,22);1H. The molecule has 0 saturated carbocycles. The first kappa shape index (κ1) is 23.1. The van der Waals surface area contributed by atoms with Crippen molar-refractivity contribution in [2.45, 2.75) is 33.2 Å². The third-order valence-electron chi connectivity index (χ3n) is 4.06. The number of benzene rings is 1. The Morgan fingerprint density at radius 2 is 1.96 bits per heavy atom. The number of hydrogen-bond acceptors (Lipinski definition) is 4. The number of nitrogens with zero attached hydrogens (tertiary/aromatic N) is 2. The molecule has 7 nitrogen and oxygen atoms in total. The van der Waals surface area contributed by atoms with Crippen LogP contribution in [0.1, 0.15) is 30.2 Å². The molecular weight excluding hydrogens is 457 g/mol. The van der Waals surface area contributed by atoms with Gasteiger partial charge < -0.3 is 20.1 Å². The number of hydrogen-bond donors (Lipinski definition) is 3. The van der Waals surface area contributed by atoms with Gasteiger partial charge in [-0.25, -0.2) is 4.99 Å². The molecule has 1 heterocycles. The van der Waals surface area contributed by atoms with Crippen molar-refractivity contribution in [3.63, 3.8) is 0 Å². The van der Waals surface area contributed by atoms with E-state index < -0.39 is 0 Å². The molecule has 0 atom stereocenters. The van der Waals surface area contributed by atoms with Gasteiger partial charge in [0.1, 0.15) is 0 Å². The van der Waals surface area contributed by atoms with Crippen molar-refractivity contribution in [2.75, 3.05) is 27.3 Å². The van der Waals surface area contributed by atoms with Gasteiger partial charge in [0.15, 0.2) is 17.5 Å². The fourth-order valence-electron chi connectivity index (χ4n) is 2.60. The highest BCUT2D eigenvalue weighted by molar-refractivity contribution is 14.0. The molecule has 0 aliphatic carbocycles. The summed E-state index contributed by atoms with van der Waals surface area (Å²) < 4.78 is 10.6. The van der Waals surface area contributed by atoms with Crippen LogP contribution in [-0.4, -0.2) is 43.5 Å². The number of aryl methyl sites for hydroxylation is 2. The normalized spacial score (nSPS) is 10.9. The number of methoxy groups -OCH3 is 2. The zero-order chi connectivity index (χ0) is 18.8. The van der Waals surface area contributed by atoms with E-state index in [2.05, 4.69) is 32.7 Å². The molecule has 1 aromatic carbocycles. The van der Waals surface area contributed by atoms with Crippen molar-refractivity contribution >= 4 is 29.9 Å². The third-order valence-corrected chi connectivity index (χ3v) is 4.06. The number of rotatable bonds is 9. The highest BCUT2D eigenvalue weighted by Crippen LogP contribution is 2.27. The summed E-state index contributed by atoms with van der Waals surface area (Å²) in [6, 6.07) is 5.85. The predicted molar refractivity (Wildman–Crippen MR) is 119 cm³/mol. The van der Waals surface area contributed by atoms with E-state index >= 15 is 0 Å². The molecule has 0 fully saturated rings. The van der Waals surface area contributed by atoms with Crippen LogP contribution in [0.15, 0.2) is 29.4 Å². The summed E-state index contributed by atoms with van der Waals surface area (Å²) in [7, 11) is 3.27. The van der Waals surface area contributed by atoms with Crippen LogP contribution in [0.5, 0.6) is 11.5 Å². The SMILES string of the molecule is CCNC(=NCc1ccc(OC)c(OC)c1)NCCCc1cn[nH]c1C.I. The second-order valence-electron chi connectivity index (χ2n) is 5.94. The third kappa shape index (κ3) is 7.28. The highest BCUT2D eigenvalue weighted by Gasteiger charge is 2.05. The fourth-order valence-corrected chi connectivity index (χ4v) is 2.60. The number of aromatic nitrogens is 2. The minimum Gasteiger partial charge on any atom is -0.493 e. The zero-order valence-electron chi connectivity index (χ0n) is 16.5. The van der Waals surface area contributed by atoms with Gasteiger partial charge in [0, 0.05) is 18.8 Å². The second-order valence-corrected chi connectivity index (χ2v) is 5.94. The van der Waals surface area contributed by atoms with Gasteiger partial charge in [0.25, 0.3) is 0 Å². The van der Waals surface area contributed by atoms with Crippen LogP contribution in [0.2, 0.25) is 0 Å². The number of H-pyrrole nitrogens is 1. The van der Waals surface area contributed by atoms with Gasteiger partial charge >= 0.3 is 0 Å². The highest BCUT2D eigenvalue weighted by atomic mass is 127. The molecule has 0 aliphatic heterocycles. The number of ether oxygens (including phenoxy) is 2. The van der Waals surface area contributed by atoms with E-state index in [0.717, 1.165) is 48.9 Å². The summed E-state index contributed by atoms with van der Waals surface area (Å²) in [5.74, 6) is 2.25. The van der Waals surface area contributed by atoms with E-state index in [9.17, 15) is 0 Å². The van der Waals surface area contributed by atoms with Gasteiger partial charge in [-0.1, -0.05) is 6.07 Å². The second kappa shape index (κ2) is 12.4. The summed E-state index contributed by atoms with van der Waals surface area (Å²) in [5.41, 5.74) is 3.46. The van der Waals surface area contributed by atoms with Crippen molar-refractivity contribution in [1.29, 1.82) is 0 Å². The first-order valence-corrected chi connectivity index (χ1v) is 8.89. The zero-order valence-corrected chi connectivity index (χ0v) is 18.8. The Morgan fingerprint density at radius 3 is 2.59 bits per heavy atom. The lowest BCUT2D eigenvalue weighted by Crippen LogP contribution is -2.37. The molecule has 1 aromatic heterocycles. The Hall–Kier alpha value is -1.97. The number of aromatic amines is 1. The van der Waals surface area contributed by atoms with Gasteiger partial charge in [-0.05, 0) is 49.9 Å². The number of nitrogens with one attached hydrogen (secondary N) is 3. The summed E-state index contributed by atoms with van der Waals surface area (Å²) in [6.45, 7) is 6.34. The molecule has 2 aromatic rings. The molecule has 150 valence electrons. The Balaban J connectivity index is 0.00000364. The summed E-state index contributed by atoms with van der Waals surface area (Å²) in [5, 5.41) is 13.7. The smallest absolute Gasteiger partial charge is 0.191 e. The van der Waals surface area contributed by atoms with Crippen LogP contribution >= 0.6 is 24.0 Å². The summed E-state index contributed by atoms with van der Waals surface area (Å²) in [4.78, 5) is 4.65. The molecule has 0 unspecified atom stereocenters. The van der Waals surface area contributed by atoms with Crippen molar-refractivity contribution in [3.05, 3.63) is 41.2 Å². The van der Waals surface area contributed by atoms with Gasteiger partial charge in [-0.15, -0.1) is 24.0 Å². The van der Waals surface area contributed by atoms with E-state index in [1.807, 2.05) is 31.3 Å². The van der Waals surface area contributed by atoms with Crippen molar-refractivity contribution < 1.29 is 9.47 Å². The van der Waals surface area contributed by atoms with Crippen LogP contribution in [0, 0.1) is 6.92 Å². The number of halogens is 1. The average Bonchev–Trinajstić information content (AvgIpc) is 3.07. The summed E-state index contributed by atoms with van der Waals surface area (Å²) >= 11 is 0. The lowest BCUT2D eigenvalue weighted by atomic mass is 10.1. The van der Waals surface area contributed by atoms with E-state index in [1.165, 1.54) is 5.56 Å². The Morgan fingerprint density at radius 1 is 1.19 bits per heavy atom. The Bertz CT molecular complexity index is 718. The van der Waals surface area contributed by atoms with Crippen LogP contribution in [0.25, 0.3) is 0 Å². The fraction of sp³-hybridized carbons (Fsp3) is 0.474. The molecule has 0 bridgehead atoms. The maximum absolute atomic E-state index is 5.34. The van der Waals surface area contributed by atoms with E-state index in [0.29, 0.717) is 12.3 Å². The minimum absolute atomic E-state index is 0. The molecule has 0 spiro atoms. The molecule has 8 heteroatoms. The van der Waals surface area contributed by atoms with Gasteiger partial charge in [0.2, 0.25) is 0 Å². The number of aliphatic imine (C=N–C) groups is 1. The first-order chi connectivity index (χ1) is 12.7. The van der Waals surface area contributed by atoms with Crippen LogP contribution < -0.4 is 20.1 Å². The van der Waals surface area contributed by atoms with Gasteiger partial charge in [-0.3, -0.25) is 5.10 Å². The topological polar surface area (TPSA) is 83.6 Å². The first-order valence-electron chi connectivity index (χ1n) is 8.89. The lowest BCUT2D eigenvalue weighted by molar-refractivity contribution is 0.354. The monoisotopic (exact) mass is 487 g/mol. The van der Waals surface area contributed by atoms with E-state index in [-0.39, 0.29) is 24.0 Å². The minimum atomic E-state index is 0. The lowest BCUT2D eigenvalue weighted by Gasteiger charge is -2.12. The molecule has 0 aliphatic rings. The van der Waals surface area contributed by atoms with E-state index in [1.54, 1.807) is 14.2 Å². The van der Waals surface area contributed by atoms with Gasteiger partial charge in [0.05, 0.1) is 27.0 Å². The van der Waals surface area contributed by atoms with Crippen LogP contribution in [0.4, 0.5) is 0 Å². The van der Waals surface area contributed by atoms with Crippen molar-refractivity contribution in [1.82, 2.24) is 20.8 Å². The van der Waals surface area contributed by atoms with Crippen molar-refractivity contribution in [2.24, 2.45) is 4.99 Å². The maximum atomic E-state index is 5.34. The molecule has 0 amide bonds. The van der Waals surface area contributed by atoms with Crippen LogP contribution in [0.3, 0.4) is 0 Å². The van der Waals surface area contributed by atoms with E-state index in [4.69, 9.17) is 9.47 Å². The Kier molecular flexibility index (Phi) is 10.6. The predicted octanol–water partition coefficient (Wildman–Crippen LogP) is 3.04. The molecule has 3 N–H and O–H groups in total. The molecule has 0 radical (unpaired) electrons. The average molecular weight is 487 g/mol. The molecule has 0 saturated heterocycles. The molecule has 27 heavy (non-hydrogen) atoms. The molecular formula is C19H30IN5O2. The maximum Gasteiger partial charge on any atom is 0.191 e. The van der Waals surface area contributed by atoms with Crippen molar-refractivity contribution in [3.8, 4) is 11.5 Å². The Labute approximate surface area is 178 Å². The summed E-state index contributed by atoms with van der Waals surface area (Å²) in [6.07, 6.45) is 3.90. The number of guanidine groups is 1. The largest absolute Gasteiger partial charge is 0.493 e. The molecule has 2 rings (SSSR count). The van der Waals surface area contributed by atoms with Crippen LogP contribution in [-0.2, 0) is 13.0 Å². The quantitative estimate of drug-likeness (QED) is 0.219.